The smallest absolute Gasteiger partial charge is 0.384 e. The maximum absolute atomic E-state index is 11.4. The number of hydrogen-bond donors (Lipinski definition) is 0. The molecule has 0 radical (unpaired) electrons. The number of nitriles is 2. The quantitative estimate of drug-likeness (QED) is 0.184. The minimum Gasteiger partial charge on any atom is -0.384 e. The summed E-state index contributed by atoms with van der Waals surface area (Å²) in [7, 11) is 0. The Labute approximate surface area is 309 Å². The van der Waals surface area contributed by atoms with Gasteiger partial charge >= 0.3 is 6.98 Å². The Morgan fingerprint density at radius 2 is 1.38 bits per heavy atom. The van der Waals surface area contributed by atoms with Crippen molar-refractivity contribution in [2.75, 3.05) is 0 Å². The molecule has 0 amide bonds. The Hall–Kier alpha value is -6.25. The van der Waals surface area contributed by atoms with Gasteiger partial charge < -0.3 is 8.96 Å². The van der Waals surface area contributed by atoms with Crippen molar-refractivity contribution < 1.29 is 4.49 Å². The monoisotopic (exact) mass is 687 g/mol. The van der Waals surface area contributed by atoms with Crippen molar-refractivity contribution in [2.45, 2.75) is 59.0 Å². The molecule has 3 aliphatic heterocycles. The topological polar surface area (TPSA) is 98.6 Å². The fraction of sp³-hybridized carbons (Fsp3) is 0.209. The number of aromatic nitrogens is 4. The van der Waals surface area contributed by atoms with Gasteiger partial charge in [-0.05, 0) is 49.7 Å². The molecule has 0 fully saturated rings. The molecular formula is C43H37B2N8+. The predicted molar refractivity (Wildman–Crippen MR) is 215 cm³/mol. The van der Waals surface area contributed by atoms with Gasteiger partial charge in [0.1, 0.15) is 17.7 Å². The summed E-state index contributed by atoms with van der Waals surface area (Å²) in [5.41, 5.74) is 9.95. The highest BCUT2D eigenvalue weighted by Crippen LogP contribution is 2.46. The number of fused-ring (bicyclic) bond motifs is 6. The van der Waals surface area contributed by atoms with E-state index in [2.05, 4.69) is 114 Å². The van der Waals surface area contributed by atoms with Gasteiger partial charge in [0.05, 0.1) is 38.8 Å². The van der Waals surface area contributed by atoms with Gasteiger partial charge in [-0.1, -0.05) is 63.9 Å². The first-order chi connectivity index (χ1) is 25.5. The van der Waals surface area contributed by atoms with Gasteiger partial charge in [-0.15, -0.1) is 0 Å². The highest BCUT2D eigenvalue weighted by atomic mass is 15.1. The molecule has 9 rings (SSSR count). The zero-order valence-corrected chi connectivity index (χ0v) is 31.0. The van der Waals surface area contributed by atoms with Gasteiger partial charge in [0.15, 0.2) is 11.4 Å². The van der Waals surface area contributed by atoms with Gasteiger partial charge in [0, 0.05) is 76.2 Å². The molecule has 0 atom stereocenters. The number of rotatable bonds is 4. The van der Waals surface area contributed by atoms with Crippen molar-refractivity contribution >= 4 is 58.5 Å². The summed E-state index contributed by atoms with van der Waals surface area (Å²) < 4.78 is 6.99. The molecule has 0 saturated heterocycles. The Morgan fingerprint density at radius 1 is 0.774 bits per heavy atom. The summed E-state index contributed by atoms with van der Waals surface area (Å²) in [4.78, 5) is 14.0. The minimum atomic E-state index is -0.531. The lowest BCUT2D eigenvalue weighted by Gasteiger charge is -2.24. The molecule has 53 heavy (non-hydrogen) atoms. The van der Waals surface area contributed by atoms with E-state index in [1.165, 1.54) is 5.56 Å². The molecule has 2 aromatic carbocycles. The second-order valence-electron chi connectivity index (χ2n) is 15.5. The Kier molecular flexibility index (Phi) is 7.01. The summed E-state index contributed by atoms with van der Waals surface area (Å²) >= 11 is 0. The van der Waals surface area contributed by atoms with Crippen LogP contribution < -0.4 is 10.7 Å². The molecule has 0 aliphatic carbocycles. The third-order valence-corrected chi connectivity index (χ3v) is 11.6. The zero-order valence-electron chi connectivity index (χ0n) is 31.0. The normalized spacial score (nSPS) is 16.7. The first kappa shape index (κ1) is 32.6. The van der Waals surface area contributed by atoms with Crippen LogP contribution in [0.25, 0.3) is 44.4 Å². The summed E-state index contributed by atoms with van der Waals surface area (Å²) in [5, 5.41) is 26.4. The van der Waals surface area contributed by atoms with Gasteiger partial charge in [0.25, 0.3) is 6.85 Å². The van der Waals surface area contributed by atoms with Crippen LogP contribution in [0.3, 0.4) is 0 Å². The molecule has 8 nitrogen and oxygen atoms in total. The Morgan fingerprint density at radius 3 is 1.98 bits per heavy atom. The second-order valence-corrected chi connectivity index (χ2v) is 15.5. The van der Waals surface area contributed by atoms with Crippen LogP contribution in [0.2, 0.25) is 20.5 Å². The Bertz CT molecular complexity index is 2840. The van der Waals surface area contributed by atoms with Crippen LogP contribution in [-0.2, 0) is 10.8 Å². The van der Waals surface area contributed by atoms with E-state index < -0.39 is 10.8 Å². The standard InChI is InChI=1S/C43H37B2N8/c1-42(2)30-12-8-10-14-32(30)50-40(42)28(24-46)38-35-34(36(52(38)44(5)6)26-16-20-48-21-17-26)39-29(25-47)41-43(3,4)31-13-9-11-15-33(31)51(41)45(7)53(39)37(35)27-18-22-49-23-19-27/h8-23H,1-7H3/q+1. The van der Waals surface area contributed by atoms with Crippen molar-refractivity contribution in [3.8, 4) is 34.7 Å². The van der Waals surface area contributed by atoms with Crippen LogP contribution in [0, 0.1) is 22.7 Å². The predicted octanol–water partition coefficient (Wildman–Crippen LogP) is 7.13. The van der Waals surface area contributed by atoms with Crippen molar-refractivity contribution in [3.05, 3.63) is 119 Å². The number of hydrogen-bond acceptors (Lipinski definition) is 5. The average Bonchev–Trinajstić information content (AvgIpc) is 3.84. The number of pyridine rings is 2. The van der Waals surface area contributed by atoms with Crippen LogP contribution in [0.15, 0.2) is 103 Å². The molecule has 254 valence electrons. The molecule has 0 spiro atoms. The maximum atomic E-state index is 11.4. The molecule has 6 aromatic rings. The van der Waals surface area contributed by atoms with E-state index in [9.17, 15) is 10.5 Å². The van der Waals surface area contributed by atoms with Crippen LogP contribution >= 0.6 is 0 Å². The second kappa shape index (κ2) is 11.4. The zero-order chi connectivity index (χ0) is 37.0. The lowest BCUT2D eigenvalue weighted by molar-refractivity contribution is -0.286. The lowest BCUT2D eigenvalue weighted by Crippen LogP contribution is -2.49. The summed E-state index contributed by atoms with van der Waals surface area (Å²) in [5.74, 6) is 0. The van der Waals surface area contributed by atoms with E-state index in [0.29, 0.717) is 11.1 Å². The number of aliphatic imine (C=N–C) groups is 1. The molecule has 10 heteroatoms. The number of benzene rings is 2. The van der Waals surface area contributed by atoms with Crippen molar-refractivity contribution in [2.24, 2.45) is 4.99 Å². The summed E-state index contributed by atoms with van der Waals surface area (Å²) in [6.45, 7) is 15.0. The molecule has 0 saturated carbocycles. The van der Waals surface area contributed by atoms with Crippen molar-refractivity contribution in [1.29, 1.82) is 10.5 Å². The first-order valence-electron chi connectivity index (χ1n) is 18.2. The number of nitrogens with zero attached hydrogens (tertiary/aromatic N) is 8. The fourth-order valence-electron chi connectivity index (χ4n) is 9.36. The summed E-state index contributed by atoms with van der Waals surface area (Å²) in [6, 6.07) is 30.2. The van der Waals surface area contributed by atoms with Crippen LogP contribution in [0.4, 0.5) is 11.4 Å². The highest BCUT2D eigenvalue weighted by Gasteiger charge is 2.55. The molecule has 0 bridgehead atoms. The van der Waals surface area contributed by atoms with E-state index in [1.807, 2.05) is 67.3 Å². The van der Waals surface area contributed by atoms with E-state index in [0.717, 1.165) is 72.3 Å². The van der Waals surface area contributed by atoms with Gasteiger partial charge in [0.2, 0.25) is 0 Å². The van der Waals surface area contributed by atoms with Gasteiger partial charge in [-0.2, -0.15) is 10.5 Å². The lowest BCUT2D eigenvalue weighted by atomic mass is 9.67. The average molecular weight is 687 g/mol. The maximum Gasteiger partial charge on any atom is 0.618 e. The third-order valence-electron chi connectivity index (χ3n) is 11.6. The summed E-state index contributed by atoms with van der Waals surface area (Å²) in [6.07, 6.45) is 7.25. The van der Waals surface area contributed by atoms with Gasteiger partial charge in [-0.25, -0.2) is 0 Å². The Balaban J connectivity index is 1.59. The van der Waals surface area contributed by atoms with E-state index in [4.69, 9.17) is 4.99 Å². The van der Waals surface area contributed by atoms with Crippen molar-refractivity contribution in [3.63, 3.8) is 0 Å². The molecule has 4 aromatic heterocycles. The fourth-order valence-corrected chi connectivity index (χ4v) is 9.36. The van der Waals surface area contributed by atoms with Crippen LogP contribution in [0.5, 0.6) is 0 Å². The highest BCUT2D eigenvalue weighted by molar-refractivity contribution is 6.56. The van der Waals surface area contributed by atoms with E-state index in [-0.39, 0.29) is 13.8 Å². The molecule has 7 heterocycles. The SMILES string of the molecule is CB(C)n1c(-c2ccncc2)c2c3n(c(-c4ccncc4)c2c1=C(C#N)C1=Nc2ccccc2C1(C)C)B(C)[N+]1=C(C=3C#N)C(C)(C)c2ccccc21. The number of para-hydroxylation sites is 2. The largest absolute Gasteiger partial charge is 0.618 e. The molecule has 0 N–H and O–H groups in total. The van der Waals surface area contributed by atoms with Crippen molar-refractivity contribution in [1.82, 2.24) is 18.9 Å². The van der Waals surface area contributed by atoms with Crippen LogP contribution in [0.1, 0.15) is 38.8 Å². The van der Waals surface area contributed by atoms with Crippen LogP contribution in [-0.4, -0.2) is 48.7 Å². The first-order valence-corrected chi connectivity index (χ1v) is 18.2. The van der Waals surface area contributed by atoms with Gasteiger partial charge in [-0.3, -0.25) is 19.4 Å². The molecular weight excluding hydrogens is 650 g/mol. The minimum absolute atomic E-state index is 0.0646. The molecule has 3 aliphatic rings. The van der Waals surface area contributed by atoms with E-state index in [1.54, 1.807) is 0 Å². The molecule has 0 unspecified atom stereocenters. The third kappa shape index (κ3) is 4.24. The van der Waals surface area contributed by atoms with E-state index >= 15 is 0 Å².